The van der Waals surface area contributed by atoms with Gasteiger partial charge < -0.3 is 20.8 Å². The molecule has 0 atom stereocenters. The number of fused-ring (bicyclic) bond motifs is 2. The average molecular weight is 446 g/mol. The molecule has 8 nitrogen and oxygen atoms in total. The Balaban J connectivity index is 0.00000272. The maximum absolute atomic E-state index is 12.7. The second kappa shape index (κ2) is 9.13. The molecule has 0 radical (unpaired) electrons. The summed E-state index contributed by atoms with van der Waals surface area (Å²) in [5.41, 5.74) is 6.83. The van der Waals surface area contributed by atoms with Crippen LogP contribution in [0.4, 0.5) is 0 Å². The van der Waals surface area contributed by atoms with E-state index < -0.39 is 0 Å². The van der Waals surface area contributed by atoms with Gasteiger partial charge in [0.1, 0.15) is 11.5 Å². The predicted octanol–water partition coefficient (Wildman–Crippen LogP) is 2.11. The summed E-state index contributed by atoms with van der Waals surface area (Å²) in [7, 11) is 4.06. The molecule has 0 amide bonds. The van der Waals surface area contributed by atoms with Gasteiger partial charge in [0.2, 0.25) is 0 Å². The van der Waals surface area contributed by atoms with Gasteiger partial charge in [-0.15, -0.1) is 12.4 Å². The van der Waals surface area contributed by atoms with Crippen LogP contribution in [0.25, 0.3) is 32.6 Å². The van der Waals surface area contributed by atoms with Gasteiger partial charge in [0.15, 0.2) is 5.43 Å². The molecule has 0 saturated heterocycles. The van der Waals surface area contributed by atoms with Gasteiger partial charge >= 0.3 is 0 Å². The summed E-state index contributed by atoms with van der Waals surface area (Å²) in [6.45, 7) is 2.71. The number of hydrogen-bond donors (Lipinski definition) is 4. The predicted molar refractivity (Wildman–Crippen MR) is 127 cm³/mol. The van der Waals surface area contributed by atoms with E-state index in [-0.39, 0.29) is 40.1 Å². The van der Waals surface area contributed by atoms with Gasteiger partial charge in [-0.2, -0.15) is 0 Å². The zero-order chi connectivity index (χ0) is 21.4. The molecule has 5 N–H and O–H groups in total. The molecule has 0 aliphatic carbocycles. The highest BCUT2D eigenvalue weighted by Crippen LogP contribution is 2.41. The van der Waals surface area contributed by atoms with Crippen LogP contribution >= 0.6 is 12.4 Å². The number of aromatic hydroxyl groups is 2. The van der Waals surface area contributed by atoms with E-state index in [9.17, 15) is 15.0 Å². The van der Waals surface area contributed by atoms with E-state index in [4.69, 9.17) is 5.73 Å². The Morgan fingerprint density at radius 1 is 1.06 bits per heavy atom. The first-order valence-electron chi connectivity index (χ1n) is 10.1. The number of nitrogens with zero attached hydrogens (tertiary/aromatic N) is 3. The minimum absolute atomic E-state index is 0. The Kier molecular flexibility index (Phi) is 6.74. The van der Waals surface area contributed by atoms with Gasteiger partial charge in [-0.3, -0.25) is 19.6 Å². The number of aromatic nitrogens is 2. The Hall–Kier alpha value is -2.81. The van der Waals surface area contributed by atoms with Crippen molar-refractivity contribution in [3.05, 3.63) is 39.8 Å². The van der Waals surface area contributed by atoms with Crippen molar-refractivity contribution in [3.63, 3.8) is 0 Å². The zero-order valence-electron chi connectivity index (χ0n) is 17.7. The van der Waals surface area contributed by atoms with Crippen LogP contribution in [-0.4, -0.2) is 58.6 Å². The van der Waals surface area contributed by atoms with Crippen molar-refractivity contribution in [1.82, 2.24) is 14.7 Å². The molecule has 0 spiro atoms. The SMILES string of the molecule is CN(C)CCCn1[nH]c2c3c(=O)ccc(O)c3c(O)c3c(=NCCCN)ccc1c32.Cl. The van der Waals surface area contributed by atoms with Gasteiger partial charge in [-0.1, -0.05) is 0 Å². The molecule has 3 aromatic carbocycles. The largest absolute Gasteiger partial charge is 0.507 e. The molecule has 0 fully saturated rings. The van der Waals surface area contributed by atoms with Gasteiger partial charge in [-0.05, 0) is 64.3 Å². The highest BCUT2D eigenvalue weighted by molar-refractivity contribution is 6.23. The van der Waals surface area contributed by atoms with Crippen molar-refractivity contribution in [2.75, 3.05) is 33.7 Å². The second-order valence-corrected chi connectivity index (χ2v) is 7.85. The number of nitrogens with one attached hydrogen (secondary N) is 1. The Morgan fingerprint density at radius 2 is 1.84 bits per heavy atom. The van der Waals surface area contributed by atoms with Crippen LogP contribution in [0.1, 0.15) is 12.8 Å². The molecule has 4 rings (SSSR count). The third-order valence-corrected chi connectivity index (χ3v) is 5.45. The first-order valence-corrected chi connectivity index (χ1v) is 10.1. The molecule has 0 bridgehead atoms. The lowest BCUT2D eigenvalue weighted by Crippen LogP contribution is -2.15. The van der Waals surface area contributed by atoms with Gasteiger partial charge in [0.25, 0.3) is 0 Å². The number of aromatic amines is 1. The van der Waals surface area contributed by atoms with Crippen molar-refractivity contribution in [3.8, 4) is 11.5 Å². The minimum atomic E-state index is -0.255. The fourth-order valence-corrected chi connectivity index (χ4v) is 4.06. The lowest BCUT2D eigenvalue weighted by atomic mass is 9.99. The van der Waals surface area contributed by atoms with E-state index in [1.54, 1.807) is 0 Å². The monoisotopic (exact) mass is 445 g/mol. The number of phenolic OH excluding ortho intramolecular Hbond substituents is 2. The quantitative estimate of drug-likeness (QED) is 0.256. The maximum Gasteiger partial charge on any atom is 0.189 e. The number of halogens is 1. The number of nitrogens with two attached hydrogens (primary N) is 1. The van der Waals surface area contributed by atoms with Crippen molar-refractivity contribution in [2.45, 2.75) is 19.4 Å². The molecule has 0 saturated carbocycles. The van der Waals surface area contributed by atoms with Crippen molar-refractivity contribution in [1.29, 1.82) is 0 Å². The summed E-state index contributed by atoms with van der Waals surface area (Å²) in [4.78, 5) is 19.4. The van der Waals surface area contributed by atoms with E-state index >= 15 is 0 Å². The standard InChI is InChI=1S/C22H27N5O3.ClH/c1-26(2)11-4-12-27-14-6-5-13(24-10-3-9-23)17-18(14)21(25-27)19-15(28)7-8-16(29)20(19)22(17)30;/h5-8,25,29-30H,3-4,9-12,23H2,1-2H3;1H. The molecule has 31 heavy (non-hydrogen) atoms. The molecule has 1 aromatic heterocycles. The smallest absolute Gasteiger partial charge is 0.189 e. The average Bonchev–Trinajstić information content (AvgIpc) is 3.07. The summed E-state index contributed by atoms with van der Waals surface area (Å²) in [6, 6.07) is 6.47. The molecule has 1 heterocycles. The Bertz CT molecular complexity index is 1340. The summed E-state index contributed by atoms with van der Waals surface area (Å²) in [5, 5.41) is 27.3. The summed E-state index contributed by atoms with van der Waals surface area (Å²) in [6.07, 6.45) is 1.65. The fourth-order valence-electron chi connectivity index (χ4n) is 4.06. The summed E-state index contributed by atoms with van der Waals surface area (Å²) in [5.74, 6) is -0.254. The van der Waals surface area contributed by atoms with E-state index in [2.05, 4.69) is 15.0 Å². The molecular weight excluding hydrogens is 418 g/mol. The van der Waals surface area contributed by atoms with Crippen LogP contribution in [0.2, 0.25) is 0 Å². The number of benzene rings is 3. The van der Waals surface area contributed by atoms with Gasteiger partial charge in [0.05, 0.1) is 32.5 Å². The fraction of sp³-hybridized carbons (Fsp3) is 0.364. The molecular formula is C22H28ClN5O3. The van der Waals surface area contributed by atoms with Crippen molar-refractivity contribution >= 4 is 45.0 Å². The molecule has 9 heteroatoms. The Morgan fingerprint density at radius 3 is 2.55 bits per heavy atom. The summed E-state index contributed by atoms with van der Waals surface area (Å²) >= 11 is 0. The maximum atomic E-state index is 12.7. The normalized spacial score (nSPS) is 12.5. The third kappa shape index (κ3) is 3.94. The van der Waals surface area contributed by atoms with Crippen LogP contribution in [-0.2, 0) is 6.54 Å². The number of H-pyrrole nitrogens is 1. The third-order valence-electron chi connectivity index (χ3n) is 5.45. The summed E-state index contributed by atoms with van der Waals surface area (Å²) < 4.78 is 1.99. The highest BCUT2D eigenvalue weighted by atomic mass is 35.5. The molecule has 166 valence electrons. The molecule has 4 aromatic rings. The van der Waals surface area contributed by atoms with Crippen LogP contribution in [0.3, 0.4) is 0 Å². The zero-order valence-corrected chi connectivity index (χ0v) is 18.5. The van der Waals surface area contributed by atoms with Gasteiger partial charge in [0, 0.05) is 18.5 Å². The van der Waals surface area contributed by atoms with E-state index in [1.165, 1.54) is 12.1 Å². The van der Waals surface area contributed by atoms with E-state index in [0.29, 0.717) is 29.3 Å². The van der Waals surface area contributed by atoms with Gasteiger partial charge in [-0.25, -0.2) is 0 Å². The van der Waals surface area contributed by atoms with Crippen molar-refractivity contribution < 1.29 is 10.2 Å². The molecule has 0 aliphatic heterocycles. The van der Waals surface area contributed by atoms with E-state index in [0.717, 1.165) is 36.8 Å². The Labute approximate surface area is 185 Å². The van der Waals surface area contributed by atoms with Crippen LogP contribution in [0.5, 0.6) is 11.5 Å². The molecule has 0 unspecified atom stereocenters. The first kappa shape index (κ1) is 22.9. The number of phenols is 2. The minimum Gasteiger partial charge on any atom is -0.507 e. The van der Waals surface area contributed by atoms with E-state index in [1.807, 2.05) is 30.9 Å². The van der Waals surface area contributed by atoms with Crippen molar-refractivity contribution in [2.24, 2.45) is 10.7 Å². The van der Waals surface area contributed by atoms with Crippen LogP contribution < -0.4 is 16.5 Å². The molecule has 0 aliphatic rings. The number of hydrogen-bond acceptors (Lipinski definition) is 6. The van der Waals surface area contributed by atoms with Crippen LogP contribution in [0.15, 0.2) is 34.1 Å². The topological polar surface area (TPSA) is 120 Å². The number of rotatable bonds is 7. The lowest BCUT2D eigenvalue weighted by Gasteiger charge is -2.10. The first-order chi connectivity index (χ1) is 14.4. The second-order valence-electron chi connectivity index (χ2n) is 7.85. The lowest BCUT2D eigenvalue weighted by molar-refractivity contribution is 0.383. The highest BCUT2D eigenvalue weighted by Gasteiger charge is 2.21. The number of aryl methyl sites for hydroxylation is 1. The van der Waals surface area contributed by atoms with Crippen LogP contribution in [0, 0.1) is 0 Å².